The average Bonchev–Trinajstić information content (AvgIpc) is 3.40. The van der Waals surface area contributed by atoms with Gasteiger partial charge in [0.15, 0.2) is 0 Å². The maximum atomic E-state index is 13.7. The Morgan fingerprint density at radius 2 is 1.97 bits per heavy atom. The van der Waals surface area contributed by atoms with Crippen LogP contribution in [0.5, 0.6) is 0 Å². The first kappa shape index (κ1) is 20.7. The number of β-amino-alcohol motifs (C(OH)–C–C–N with tert-alkyl or cyclic N) is 1. The summed E-state index contributed by atoms with van der Waals surface area (Å²) in [5.74, 6) is 0.580. The molecule has 1 aromatic heterocycles. The number of hydrogen-bond donors (Lipinski definition) is 1. The van der Waals surface area contributed by atoms with Crippen molar-refractivity contribution in [3.8, 4) is 0 Å². The molecule has 7 nitrogen and oxygen atoms in total. The second-order valence-electron chi connectivity index (χ2n) is 9.74. The summed E-state index contributed by atoms with van der Waals surface area (Å²) in [7, 11) is 2.11. The molecule has 1 aliphatic carbocycles. The van der Waals surface area contributed by atoms with E-state index in [4.69, 9.17) is 4.84 Å². The Bertz CT molecular complexity index is 1200. The second-order valence-corrected chi connectivity index (χ2v) is 9.74. The summed E-state index contributed by atoms with van der Waals surface area (Å²) >= 11 is 0. The number of amides is 1. The molecule has 0 radical (unpaired) electrons. The molecule has 1 amide bonds. The van der Waals surface area contributed by atoms with E-state index in [9.17, 15) is 9.90 Å². The van der Waals surface area contributed by atoms with E-state index in [2.05, 4.69) is 70.1 Å². The monoisotopic (exact) mass is 446 g/mol. The maximum absolute atomic E-state index is 13.7. The molecule has 0 bridgehead atoms. The Morgan fingerprint density at radius 3 is 2.76 bits per heavy atom. The Labute approximate surface area is 193 Å². The van der Waals surface area contributed by atoms with Gasteiger partial charge in [0.05, 0.1) is 18.9 Å². The third-order valence-electron chi connectivity index (χ3n) is 6.97. The Morgan fingerprint density at radius 1 is 1.15 bits per heavy atom. The standard InChI is InChI=1S/C26H30N4O3/c1-27-14-23-24(29(17-27)11-18-9-10-18)15-28(25(23)26(32)30-13-21(31)16-33-30)12-20-7-4-6-19-5-2-3-8-22(19)20/h2-8,15,18,21,31H,9-14,16-17H2,1H3/t21-/m0/s1. The molecular formula is C26H30N4O3. The molecule has 1 saturated heterocycles. The van der Waals surface area contributed by atoms with Crippen LogP contribution < -0.4 is 4.90 Å². The van der Waals surface area contributed by atoms with E-state index in [1.54, 1.807) is 0 Å². The van der Waals surface area contributed by atoms with Crippen LogP contribution in [-0.4, -0.2) is 65.1 Å². The van der Waals surface area contributed by atoms with Gasteiger partial charge in [-0.15, -0.1) is 0 Å². The highest BCUT2D eigenvalue weighted by Gasteiger charge is 2.36. The first-order valence-electron chi connectivity index (χ1n) is 11.8. The minimum atomic E-state index is -0.639. The second kappa shape index (κ2) is 8.17. The van der Waals surface area contributed by atoms with Gasteiger partial charge in [0.2, 0.25) is 0 Å². The first-order valence-corrected chi connectivity index (χ1v) is 11.8. The van der Waals surface area contributed by atoms with Crippen LogP contribution in [0.1, 0.15) is 34.5 Å². The van der Waals surface area contributed by atoms with E-state index < -0.39 is 6.10 Å². The molecule has 2 aromatic carbocycles. The lowest BCUT2D eigenvalue weighted by atomic mass is 10.0. The largest absolute Gasteiger partial charge is 0.389 e. The topological polar surface area (TPSA) is 61.2 Å². The highest BCUT2D eigenvalue weighted by atomic mass is 16.7. The minimum Gasteiger partial charge on any atom is -0.389 e. The highest BCUT2D eigenvalue weighted by molar-refractivity contribution is 5.96. The fourth-order valence-corrected chi connectivity index (χ4v) is 5.19. The van der Waals surface area contributed by atoms with Crippen molar-refractivity contribution in [1.29, 1.82) is 0 Å². The third kappa shape index (κ3) is 3.90. The number of hydroxylamine groups is 2. The van der Waals surface area contributed by atoms with E-state index in [0.717, 1.165) is 36.9 Å². The van der Waals surface area contributed by atoms with Crippen molar-refractivity contribution >= 4 is 22.4 Å². The normalized spacial score (nSPS) is 21.1. The fourth-order valence-electron chi connectivity index (χ4n) is 5.19. The van der Waals surface area contributed by atoms with Crippen LogP contribution in [0.25, 0.3) is 10.8 Å². The number of rotatable bonds is 5. The zero-order valence-corrected chi connectivity index (χ0v) is 19.0. The summed E-state index contributed by atoms with van der Waals surface area (Å²) in [5.41, 5.74) is 4.06. The molecule has 7 heteroatoms. The Hall–Kier alpha value is -2.87. The number of aliphatic hydroxyl groups excluding tert-OH is 1. The van der Waals surface area contributed by atoms with Gasteiger partial charge < -0.3 is 14.6 Å². The van der Waals surface area contributed by atoms with Gasteiger partial charge in [-0.1, -0.05) is 42.5 Å². The van der Waals surface area contributed by atoms with Crippen LogP contribution in [0.3, 0.4) is 0 Å². The first-order chi connectivity index (χ1) is 16.1. The molecule has 1 N–H and O–H groups in total. The summed E-state index contributed by atoms with van der Waals surface area (Å²) in [6.45, 7) is 3.58. The van der Waals surface area contributed by atoms with Gasteiger partial charge in [-0.25, -0.2) is 5.06 Å². The Kier molecular flexibility index (Phi) is 5.13. The van der Waals surface area contributed by atoms with Gasteiger partial charge in [0, 0.05) is 31.4 Å². The number of benzene rings is 2. The van der Waals surface area contributed by atoms with Crippen LogP contribution in [0.15, 0.2) is 48.7 Å². The molecule has 1 saturated carbocycles. The van der Waals surface area contributed by atoms with Gasteiger partial charge in [0.1, 0.15) is 18.4 Å². The van der Waals surface area contributed by atoms with Crippen molar-refractivity contribution in [1.82, 2.24) is 14.5 Å². The van der Waals surface area contributed by atoms with Gasteiger partial charge >= 0.3 is 0 Å². The smallest absolute Gasteiger partial charge is 0.294 e. The number of hydrogen-bond acceptors (Lipinski definition) is 5. The van der Waals surface area contributed by atoms with Crippen molar-refractivity contribution in [2.45, 2.75) is 32.0 Å². The molecule has 3 heterocycles. The maximum Gasteiger partial charge on any atom is 0.294 e. The van der Waals surface area contributed by atoms with E-state index in [0.29, 0.717) is 12.2 Å². The molecule has 0 unspecified atom stereocenters. The molecule has 1 atom stereocenters. The molecule has 6 rings (SSSR count). The number of carbonyl (C=O) groups excluding carboxylic acids is 1. The van der Waals surface area contributed by atoms with Crippen LogP contribution in [0.4, 0.5) is 5.69 Å². The van der Waals surface area contributed by atoms with E-state index >= 15 is 0 Å². The van der Waals surface area contributed by atoms with Crippen LogP contribution in [-0.2, 0) is 17.9 Å². The quantitative estimate of drug-likeness (QED) is 0.653. The molecule has 3 aliphatic rings. The van der Waals surface area contributed by atoms with Gasteiger partial charge in [0.25, 0.3) is 5.91 Å². The average molecular weight is 447 g/mol. The predicted molar refractivity (Wildman–Crippen MR) is 127 cm³/mol. The number of nitrogens with zero attached hydrogens (tertiary/aromatic N) is 4. The molecule has 2 aliphatic heterocycles. The van der Waals surface area contributed by atoms with Gasteiger partial charge in [-0.3, -0.25) is 14.5 Å². The lowest BCUT2D eigenvalue weighted by Gasteiger charge is -2.35. The molecule has 33 heavy (non-hydrogen) atoms. The number of anilines is 1. The summed E-state index contributed by atoms with van der Waals surface area (Å²) in [4.78, 5) is 23.9. The summed E-state index contributed by atoms with van der Waals surface area (Å²) in [5, 5.41) is 13.7. The lowest BCUT2D eigenvalue weighted by Crippen LogP contribution is -2.41. The molecular weight excluding hydrogens is 416 g/mol. The summed E-state index contributed by atoms with van der Waals surface area (Å²) < 4.78 is 2.10. The lowest BCUT2D eigenvalue weighted by molar-refractivity contribution is -0.0786. The molecule has 2 fully saturated rings. The van der Waals surface area contributed by atoms with Crippen molar-refractivity contribution < 1.29 is 14.7 Å². The van der Waals surface area contributed by atoms with E-state index in [1.807, 2.05) is 0 Å². The molecule has 3 aromatic rings. The van der Waals surface area contributed by atoms with Crippen molar-refractivity contribution in [2.24, 2.45) is 5.92 Å². The van der Waals surface area contributed by atoms with Crippen molar-refractivity contribution in [3.63, 3.8) is 0 Å². The van der Waals surface area contributed by atoms with Gasteiger partial charge in [-0.05, 0) is 42.1 Å². The van der Waals surface area contributed by atoms with E-state index in [1.165, 1.54) is 34.2 Å². The molecule has 0 spiro atoms. The zero-order valence-electron chi connectivity index (χ0n) is 19.0. The van der Waals surface area contributed by atoms with Crippen molar-refractivity contribution in [3.05, 3.63) is 65.5 Å². The number of carbonyl (C=O) groups is 1. The third-order valence-corrected chi connectivity index (χ3v) is 6.97. The summed E-state index contributed by atoms with van der Waals surface area (Å²) in [6, 6.07) is 14.7. The van der Waals surface area contributed by atoms with Crippen molar-refractivity contribution in [2.75, 3.05) is 38.3 Å². The highest BCUT2D eigenvalue weighted by Crippen LogP contribution is 2.37. The predicted octanol–water partition coefficient (Wildman–Crippen LogP) is 3.06. The molecule has 172 valence electrons. The Balaban J connectivity index is 1.44. The van der Waals surface area contributed by atoms with Crippen LogP contribution >= 0.6 is 0 Å². The minimum absolute atomic E-state index is 0.158. The summed E-state index contributed by atoms with van der Waals surface area (Å²) in [6.07, 6.45) is 4.10. The van der Waals surface area contributed by atoms with E-state index in [-0.39, 0.29) is 19.1 Å². The van der Waals surface area contributed by atoms with Crippen LogP contribution in [0, 0.1) is 5.92 Å². The zero-order chi connectivity index (χ0) is 22.5. The van der Waals surface area contributed by atoms with Gasteiger partial charge in [-0.2, -0.15) is 0 Å². The van der Waals surface area contributed by atoms with Crippen LogP contribution in [0.2, 0.25) is 0 Å². The number of aromatic nitrogens is 1. The number of aliphatic hydroxyl groups is 1. The number of fused-ring (bicyclic) bond motifs is 2. The fraction of sp³-hybridized carbons (Fsp3) is 0.423. The SMILES string of the molecule is CN1Cc2c(cn(Cc3cccc4ccccc34)c2C(=O)N2C[C@H](O)CO2)N(CC2CC2)C1.